The van der Waals surface area contributed by atoms with Gasteiger partial charge in [-0.15, -0.1) is 0 Å². The number of hydrazone groups is 1. The van der Waals surface area contributed by atoms with E-state index in [9.17, 15) is 0 Å². The van der Waals surface area contributed by atoms with Crippen LogP contribution in [0.3, 0.4) is 0 Å². The number of hydrogen-bond donors (Lipinski definition) is 2. The fourth-order valence-corrected chi connectivity index (χ4v) is 2.39. The molecule has 0 amide bonds. The Kier molecular flexibility index (Phi) is 6.17. The number of anilines is 3. The average Bonchev–Trinajstić information content (AvgIpc) is 2.68. The lowest BCUT2D eigenvalue weighted by atomic mass is 10.2. The van der Waals surface area contributed by atoms with E-state index in [-0.39, 0.29) is 0 Å². The van der Waals surface area contributed by atoms with Gasteiger partial charge in [0.05, 0.1) is 6.21 Å². The lowest BCUT2D eigenvalue weighted by molar-refractivity contribution is 0.940. The predicted octanol–water partition coefficient (Wildman–Crippen LogP) is 3.65. The van der Waals surface area contributed by atoms with Crippen molar-refractivity contribution in [3.8, 4) is 0 Å². The van der Waals surface area contributed by atoms with Crippen LogP contribution in [0.2, 0.25) is 5.02 Å². The number of aromatic nitrogens is 3. The zero-order valence-electron chi connectivity index (χ0n) is 15.1. The molecule has 138 valence electrons. The Morgan fingerprint density at radius 3 is 2.41 bits per heavy atom. The number of benzene rings is 2. The Balaban J connectivity index is 1.74. The van der Waals surface area contributed by atoms with E-state index >= 15 is 0 Å². The van der Waals surface area contributed by atoms with E-state index in [4.69, 9.17) is 11.6 Å². The highest BCUT2D eigenvalue weighted by Gasteiger charge is 2.08. The molecule has 0 unspecified atom stereocenters. The molecule has 0 bridgehead atoms. The molecule has 27 heavy (non-hydrogen) atoms. The summed E-state index contributed by atoms with van der Waals surface area (Å²) in [6.45, 7) is 0.611. The molecular formula is C19H20ClN7. The van der Waals surface area contributed by atoms with Gasteiger partial charge in [0.2, 0.25) is 17.8 Å². The largest absolute Gasteiger partial charge is 0.350 e. The van der Waals surface area contributed by atoms with E-state index in [1.807, 2.05) is 68.7 Å². The normalized spacial score (nSPS) is 10.8. The molecule has 1 aromatic heterocycles. The van der Waals surface area contributed by atoms with Gasteiger partial charge in [-0.1, -0.05) is 60.1 Å². The molecule has 8 heteroatoms. The summed E-state index contributed by atoms with van der Waals surface area (Å²) >= 11 is 6.12. The summed E-state index contributed by atoms with van der Waals surface area (Å²) in [6.07, 6.45) is 1.62. The summed E-state index contributed by atoms with van der Waals surface area (Å²) in [5, 5.41) is 8.01. The number of nitrogens with one attached hydrogen (secondary N) is 2. The molecule has 0 saturated heterocycles. The Hall–Kier alpha value is -3.19. The third kappa shape index (κ3) is 5.39. The van der Waals surface area contributed by atoms with E-state index in [0.717, 1.165) is 11.1 Å². The monoisotopic (exact) mass is 381 g/mol. The van der Waals surface area contributed by atoms with Crippen molar-refractivity contribution in [3.63, 3.8) is 0 Å². The van der Waals surface area contributed by atoms with E-state index in [0.29, 0.717) is 29.4 Å². The van der Waals surface area contributed by atoms with Crippen molar-refractivity contribution in [2.75, 3.05) is 29.7 Å². The van der Waals surface area contributed by atoms with Gasteiger partial charge in [-0.3, -0.25) is 0 Å². The first-order valence-electron chi connectivity index (χ1n) is 8.36. The summed E-state index contributed by atoms with van der Waals surface area (Å²) in [5.74, 6) is 1.33. The first-order valence-corrected chi connectivity index (χ1v) is 8.74. The highest BCUT2D eigenvalue weighted by Crippen LogP contribution is 2.14. The molecule has 3 rings (SSSR count). The molecule has 0 aliphatic carbocycles. The summed E-state index contributed by atoms with van der Waals surface area (Å²) in [6, 6.07) is 17.5. The van der Waals surface area contributed by atoms with Crippen LogP contribution in [-0.2, 0) is 6.54 Å². The number of nitrogens with zero attached hydrogens (tertiary/aromatic N) is 5. The predicted molar refractivity (Wildman–Crippen MR) is 111 cm³/mol. The molecule has 0 spiro atoms. The molecule has 0 fully saturated rings. The van der Waals surface area contributed by atoms with Gasteiger partial charge in [-0.05, 0) is 11.6 Å². The van der Waals surface area contributed by atoms with Gasteiger partial charge in [0.25, 0.3) is 0 Å². The SMILES string of the molecule is CN(C)c1nc(NCc2ccccc2)nc(N/N=C\c2ccccc2Cl)n1. The summed E-state index contributed by atoms with van der Waals surface area (Å²) in [4.78, 5) is 14.9. The van der Waals surface area contributed by atoms with Crippen LogP contribution >= 0.6 is 11.6 Å². The third-order valence-electron chi connectivity index (χ3n) is 3.59. The Bertz CT molecular complexity index is 913. The van der Waals surface area contributed by atoms with Gasteiger partial charge >= 0.3 is 0 Å². The topological polar surface area (TPSA) is 78.3 Å². The van der Waals surface area contributed by atoms with Crippen molar-refractivity contribution in [1.82, 2.24) is 15.0 Å². The van der Waals surface area contributed by atoms with Gasteiger partial charge in [0, 0.05) is 31.2 Å². The fourth-order valence-electron chi connectivity index (χ4n) is 2.21. The van der Waals surface area contributed by atoms with E-state index in [1.54, 1.807) is 11.1 Å². The summed E-state index contributed by atoms with van der Waals surface area (Å²) < 4.78 is 0. The highest BCUT2D eigenvalue weighted by molar-refractivity contribution is 6.33. The smallest absolute Gasteiger partial charge is 0.250 e. The van der Waals surface area contributed by atoms with E-state index in [1.165, 1.54) is 0 Å². The first kappa shape index (κ1) is 18.6. The summed E-state index contributed by atoms with van der Waals surface area (Å²) in [5.41, 5.74) is 4.77. The molecule has 0 aliphatic heterocycles. The standard InChI is InChI=1S/C19H20ClN7/c1-27(2)19-24-17(21-12-14-8-4-3-5-9-14)23-18(25-19)26-22-13-15-10-6-7-11-16(15)20/h3-11,13H,12H2,1-2H3,(H2,21,23,24,25,26)/b22-13-. The Morgan fingerprint density at radius 2 is 1.67 bits per heavy atom. The minimum atomic E-state index is 0.340. The van der Waals surface area contributed by atoms with E-state index in [2.05, 4.69) is 30.8 Å². The van der Waals surface area contributed by atoms with E-state index < -0.39 is 0 Å². The molecule has 2 N–H and O–H groups in total. The van der Waals surface area contributed by atoms with Gasteiger partial charge in [-0.2, -0.15) is 20.1 Å². The van der Waals surface area contributed by atoms with Crippen LogP contribution in [0.5, 0.6) is 0 Å². The van der Waals surface area contributed by atoms with Gasteiger partial charge in [0.15, 0.2) is 0 Å². The van der Waals surface area contributed by atoms with Gasteiger partial charge in [-0.25, -0.2) is 5.43 Å². The zero-order chi connectivity index (χ0) is 19.1. The molecule has 3 aromatic rings. The number of halogens is 1. The second kappa shape index (κ2) is 8.95. The molecule has 2 aromatic carbocycles. The fraction of sp³-hybridized carbons (Fsp3) is 0.158. The molecule has 0 radical (unpaired) electrons. The third-order valence-corrected chi connectivity index (χ3v) is 3.93. The van der Waals surface area contributed by atoms with Crippen LogP contribution in [0, 0.1) is 0 Å². The average molecular weight is 382 g/mol. The van der Waals surface area contributed by atoms with Crippen molar-refractivity contribution in [1.29, 1.82) is 0 Å². The van der Waals surface area contributed by atoms with Crippen LogP contribution in [0.15, 0.2) is 59.7 Å². The van der Waals surface area contributed by atoms with Crippen molar-refractivity contribution in [3.05, 3.63) is 70.7 Å². The zero-order valence-corrected chi connectivity index (χ0v) is 15.9. The lowest BCUT2D eigenvalue weighted by Crippen LogP contribution is -2.16. The quantitative estimate of drug-likeness (QED) is 0.480. The lowest BCUT2D eigenvalue weighted by Gasteiger charge is -2.13. The van der Waals surface area contributed by atoms with Crippen molar-refractivity contribution in [2.24, 2.45) is 5.10 Å². The second-order valence-corrected chi connectivity index (χ2v) is 6.31. The maximum atomic E-state index is 6.12. The Morgan fingerprint density at radius 1 is 0.963 bits per heavy atom. The first-order chi connectivity index (χ1) is 13.1. The highest BCUT2D eigenvalue weighted by atomic mass is 35.5. The van der Waals surface area contributed by atoms with Gasteiger partial charge < -0.3 is 10.2 Å². The molecule has 0 saturated carbocycles. The molecule has 1 heterocycles. The number of hydrogen-bond acceptors (Lipinski definition) is 7. The second-order valence-electron chi connectivity index (χ2n) is 5.91. The van der Waals surface area contributed by atoms with Crippen LogP contribution < -0.4 is 15.6 Å². The van der Waals surface area contributed by atoms with Crippen LogP contribution in [0.4, 0.5) is 17.8 Å². The Labute approximate surface area is 163 Å². The minimum Gasteiger partial charge on any atom is -0.350 e. The van der Waals surface area contributed by atoms with Crippen molar-refractivity contribution >= 4 is 35.7 Å². The number of rotatable bonds is 7. The maximum absolute atomic E-state index is 6.12. The molecule has 0 atom stereocenters. The molecular weight excluding hydrogens is 362 g/mol. The molecule has 0 aliphatic rings. The van der Waals surface area contributed by atoms with Crippen molar-refractivity contribution < 1.29 is 0 Å². The van der Waals surface area contributed by atoms with Crippen molar-refractivity contribution in [2.45, 2.75) is 6.54 Å². The van der Waals surface area contributed by atoms with Crippen LogP contribution in [-0.4, -0.2) is 35.3 Å². The van der Waals surface area contributed by atoms with Crippen LogP contribution in [0.1, 0.15) is 11.1 Å². The van der Waals surface area contributed by atoms with Gasteiger partial charge in [0.1, 0.15) is 0 Å². The molecule has 7 nitrogen and oxygen atoms in total. The maximum Gasteiger partial charge on any atom is 0.250 e. The van der Waals surface area contributed by atoms with Crippen LogP contribution in [0.25, 0.3) is 0 Å². The minimum absolute atomic E-state index is 0.340. The summed E-state index contributed by atoms with van der Waals surface area (Å²) in [7, 11) is 3.74.